The summed E-state index contributed by atoms with van der Waals surface area (Å²) in [7, 11) is 4.60. The highest BCUT2D eigenvalue weighted by molar-refractivity contribution is 5.98. The topological polar surface area (TPSA) is 102 Å². The molecule has 0 heterocycles. The van der Waals surface area contributed by atoms with Gasteiger partial charge in [-0.3, -0.25) is 0 Å². The van der Waals surface area contributed by atoms with Gasteiger partial charge in [0.15, 0.2) is 23.9 Å². The molecule has 0 aliphatic heterocycles. The van der Waals surface area contributed by atoms with Gasteiger partial charge in [-0.05, 0) is 42.5 Å². The van der Waals surface area contributed by atoms with Crippen LogP contribution < -0.4 is 24.7 Å². The molecule has 0 spiro atoms. The maximum atomic E-state index is 11.7. The Morgan fingerprint density at radius 1 is 0.923 bits per heavy atom. The van der Waals surface area contributed by atoms with Crippen LogP contribution in [0.25, 0.3) is 0 Å². The van der Waals surface area contributed by atoms with E-state index >= 15 is 0 Å². The van der Waals surface area contributed by atoms with Gasteiger partial charge in [-0.2, -0.15) is 0 Å². The minimum absolute atomic E-state index is 0.0174. The van der Waals surface area contributed by atoms with E-state index in [-0.39, 0.29) is 12.4 Å². The Morgan fingerprint density at radius 3 is 2.19 bits per heavy atom. The fourth-order valence-corrected chi connectivity index (χ4v) is 1.99. The summed E-state index contributed by atoms with van der Waals surface area (Å²) in [6.07, 6.45) is 0. The van der Waals surface area contributed by atoms with E-state index in [0.29, 0.717) is 28.6 Å². The van der Waals surface area contributed by atoms with Crippen molar-refractivity contribution in [3.05, 3.63) is 48.0 Å². The molecule has 0 atom stereocenters. The zero-order valence-electron chi connectivity index (χ0n) is 14.7. The van der Waals surface area contributed by atoms with Crippen LogP contribution >= 0.6 is 0 Å². The molecule has 2 aromatic rings. The van der Waals surface area contributed by atoms with Crippen molar-refractivity contribution in [1.29, 1.82) is 0 Å². The predicted octanol–water partition coefficient (Wildman–Crippen LogP) is 1.95. The monoisotopic (exact) mass is 360 g/mol. The molecule has 26 heavy (non-hydrogen) atoms. The van der Waals surface area contributed by atoms with Crippen LogP contribution in [0.3, 0.4) is 0 Å². The third kappa shape index (κ3) is 5.04. The van der Waals surface area contributed by atoms with Crippen LogP contribution in [0.4, 0.5) is 0 Å². The van der Waals surface area contributed by atoms with Crippen molar-refractivity contribution in [2.75, 3.05) is 27.9 Å². The quantitative estimate of drug-likeness (QED) is 0.332. The summed E-state index contributed by atoms with van der Waals surface area (Å²) in [4.78, 5) is 16.5. The summed E-state index contributed by atoms with van der Waals surface area (Å²) >= 11 is 0. The summed E-state index contributed by atoms with van der Waals surface area (Å²) in [6.45, 7) is -0.310. The Kier molecular flexibility index (Phi) is 6.67. The molecule has 0 aromatic heterocycles. The number of ether oxygens (including phenoxy) is 4. The summed E-state index contributed by atoms with van der Waals surface area (Å²) < 4.78 is 20.7. The van der Waals surface area contributed by atoms with Gasteiger partial charge < -0.3 is 29.5 Å². The highest BCUT2D eigenvalue weighted by Crippen LogP contribution is 2.27. The van der Waals surface area contributed by atoms with Crippen molar-refractivity contribution >= 4 is 11.8 Å². The van der Waals surface area contributed by atoms with Gasteiger partial charge in [0.1, 0.15) is 11.5 Å². The lowest BCUT2D eigenvalue weighted by atomic mass is 10.2. The van der Waals surface area contributed by atoms with Crippen LogP contribution in [0.2, 0.25) is 0 Å². The summed E-state index contributed by atoms with van der Waals surface area (Å²) in [5.74, 6) is 1.55. The zero-order valence-corrected chi connectivity index (χ0v) is 14.7. The molecule has 0 amide bonds. The molecule has 8 nitrogen and oxygen atoms in total. The minimum Gasteiger partial charge on any atom is -0.497 e. The fourth-order valence-electron chi connectivity index (χ4n) is 1.99. The van der Waals surface area contributed by atoms with E-state index in [1.807, 2.05) is 0 Å². The van der Waals surface area contributed by atoms with Crippen molar-refractivity contribution in [1.82, 2.24) is 0 Å². The number of hydrogen-bond donors (Lipinski definition) is 1. The number of benzene rings is 2. The van der Waals surface area contributed by atoms with Crippen molar-refractivity contribution < 1.29 is 28.6 Å². The zero-order chi connectivity index (χ0) is 18.9. The number of oxime groups is 1. The lowest BCUT2D eigenvalue weighted by molar-refractivity contribution is -0.146. The number of rotatable bonds is 8. The lowest BCUT2D eigenvalue weighted by Crippen LogP contribution is -2.18. The average Bonchev–Trinajstić information content (AvgIpc) is 2.70. The van der Waals surface area contributed by atoms with Crippen LogP contribution in [0, 0.1) is 0 Å². The highest BCUT2D eigenvalue weighted by Gasteiger charge is 2.09. The fraction of sp³-hybridized carbons (Fsp3) is 0.222. The first kappa shape index (κ1) is 18.9. The van der Waals surface area contributed by atoms with E-state index in [1.165, 1.54) is 14.2 Å². The molecular formula is C18H20N2O6. The lowest BCUT2D eigenvalue weighted by Gasteiger charge is -2.09. The minimum atomic E-state index is -0.691. The molecule has 2 N–H and O–H groups in total. The first-order valence-electron chi connectivity index (χ1n) is 7.60. The molecule has 0 unspecified atom stereocenters. The Bertz CT molecular complexity index is 774. The number of nitrogens with two attached hydrogens (primary N) is 1. The number of carbonyl (C=O) groups is 1. The molecule has 8 heteroatoms. The maximum Gasteiger partial charge on any atom is 0.372 e. The molecule has 0 radical (unpaired) electrons. The largest absolute Gasteiger partial charge is 0.497 e. The summed E-state index contributed by atoms with van der Waals surface area (Å²) in [6, 6.07) is 11.7. The van der Waals surface area contributed by atoms with Gasteiger partial charge in [0.05, 0.1) is 21.3 Å². The highest BCUT2D eigenvalue weighted by atomic mass is 16.7. The van der Waals surface area contributed by atoms with E-state index in [9.17, 15) is 4.79 Å². The van der Waals surface area contributed by atoms with E-state index in [4.69, 9.17) is 29.5 Å². The van der Waals surface area contributed by atoms with E-state index in [1.54, 1.807) is 49.6 Å². The van der Waals surface area contributed by atoms with Crippen LogP contribution in [0.5, 0.6) is 23.0 Å². The van der Waals surface area contributed by atoms with Crippen molar-refractivity contribution in [2.45, 2.75) is 0 Å². The first-order chi connectivity index (χ1) is 12.6. The first-order valence-corrected chi connectivity index (χ1v) is 7.60. The molecule has 0 bridgehead atoms. The van der Waals surface area contributed by atoms with Crippen molar-refractivity contribution in [2.24, 2.45) is 10.9 Å². The van der Waals surface area contributed by atoms with E-state index < -0.39 is 5.97 Å². The normalized spacial score (nSPS) is 10.8. The van der Waals surface area contributed by atoms with Gasteiger partial charge >= 0.3 is 5.97 Å². The van der Waals surface area contributed by atoms with Crippen LogP contribution in [0.15, 0.2) is 47.6 Å². The Labute approximate surface area is 151 Å². The van der Waals surface area contributed by atoms with Gasteiger partial charge in [0, 0.05) is 5.56 Å². The van der Waals surface area contributed by atoms with Gasteiger partial charge in [-0.25, -0.2) is 4.79 Å². The summed E-state index contributed by atoms with van der Waals surface area (Å²) in [5.41, 5.74) is 6.34. The number of nitrogens with zero attached hydrogens (tertiary/aromatic N) is 1. The number of amidine groups is 1. The van der Waals surface area contributed by atoms with Crippen LogP contribution in [-0.2, 0) is 9.63 Å². The third-order valence-electron chi connectivity index (χ3n) is 3.34. The molecule has 0 aliphatic rings. The van der Waals surface area contributed by atoms with Crippen LogP contribution in [-0.4, -0.2) is 39.7 Å². The predicted molar refractivity (Wildman–Crippen MR) is 94.9 cm³/mol. The van der Waals surface area contributed by atoms with Gasteiger partial charge in [0.2, 0.25) is 0 Å². The summed E-state index contributed by atoms with van der Waals surface area (Å²) in [5, 5.41) is 3.61. The molecular weight excluding hydrogens is 340 g/mol. The molecule has 138 valence electrons. The van der Waals surface area contributed by atoms with Crippen LogP contribution in [0.1, 0.15) is 5.56 Å². The molecule has 0 saturated carbocycles. The van der Waals surface area contributed by atoms with Crippen molar-refractivity contribution in [3.63, 3.8) is 0 Å². The average molecular weight is 360 g/mol. The van der Waals surface area contributed by atoms with E-state index in [0.717, 1.165) is 0 Å². The molecule has 0 fully saturated rings. The Morgan fingerprint density at radius 2 is 1.58 bits per heavy atom. The second kappa shape index (κ2) is 9.16. The molecule has 2 aromatic carbocycles. The third-order valence-corrected chi connectivity index (χ3v) is 3.34. The SMILES string of the molecule is COc1ccc(OCC(=O)O/N=C(\N)c2ccc(OC)c(OC)c2)cc1. The number of methoxy groups -OCH3 is 3. The number of hydrogen-bond acceptors (Lipinski definition) is 7. The molecule has 0 saturated heterocycles. The second-order valence-corrected chi connectivity index (χ2v) is 4.97. The maximum absolute atomic E-state index is 11.7. The molecule has 2 rings (SSSR count). The Hall–Kier alpha value is -3.42. The smallest absolute Gasteiger partial charge is 0.372 e. The standard InChI is InChI=1S/C18H20N2O6/c1-22-13-5-7-14(8-6-13)25-11-17(21)26-20-18(19)12-4-9-15(23-2)16(10-12)24-3/h4-10H,11H2,1-3H3,(H2,19,20). The van der Waals surface area contributed by atoms with Gasteiger partial charge in [-0.1, -0.05) is 5.16 Å². The Balaban J connectivity index is 1.92. The van der Waals surface area contributed by atoms with E-state index in [2.05, 4.69) is 5.16 Å². The molecule has 0 aliphatic carbocycles. The number of carbonyl (C=O) groups excluding carboxylic acids is 1. The van der Waals surface area contributed by atoms with Gasteiger partial charge in [0.25, 0.3) is 0 Å². The second-order valence-electron chi connectivity index (χ2n) is 4.97. The van der Waals surface area contributed by atoms with Gasteiger partial charge in [-0.15, -0.1) is 0 Å². The van der Waals surface area contributed by atoms with Crippen molar-refractivity contribution in [3.8, 4) is 23.0 Å².